The van der Waals surface area contributed by atoms with Crippen molar-refractivity contribution in [2.24, 2.45) is 0 Å². The summed E-state index contributed by atoms with van der Waals surface area (Å²) in [5, 5.41) is 9.00. The van der Waals surface area contributed by atoms with E-state index in [4.69, 9.17) is 0 Å². The summed E-state index contributed by atoms with van der Waals surface area (Å²) in [6, 6.07) is 5.06. The van der Waals surface area contributed by atoms with Crippen LogP contribution in [0, 0.1) is 0 Å². The van der Waals surface area contributed by atoms with E-state index in [0.717, 1.165) is 62.5 Å². The monoisotopic (exact) mass is 468 g/mol. The van der Waals surface area contributed by atoms with Gasteiger partial charge in [-0.25, -0.2) is 0 Å². The highest BCUT2D eigenvalue weighted by molar-refractivity contribution is 6.05. The first-order valence-electron chi connectivity index (χ1n) is 12.7. The molecule has 1 aliphatic carbocycles. The molecule has 0 aromatic heterocycles. The van der Waals surface area contributed by atoms with Crippen LogP contribution in [-0.4, -0.2) is 47.2 Å². The number of carbonyl (C=O) groups is 4. The number of amides is 4. The molecule has 0 unspecified atom stereocenters. The Kier molecular flexibility index (Phi) is 7.36. The molecule has 8 heteroatoms. The number of piperidine rings is 1. The predicted molar refractivity (Wildman–Crippen MR) is 128 cm³/mol. The van der Waals surface area contributed by atoms with Crippen molar-refractivity contribution < 1.29 is 19.2 Å². The van der Waals surface area contributed by atoms with Crippen molar-refractivity contribution in [1.82, 2.24) is 20.9 Å². The Morgan fingerprint density at radius 2 is 1.97 bits per heavy atom. The molecule has 1 aromatic carbocycles. The minimum Gasteiger partial charge on any atom is -0.358 e. The number of fused-ring (bicyclic) bond motifs is 1. The van der Waals surface area contributed by atoms with E-state index in [1.807, 2.05) is 18.2 Å². The normalized spacial score (nSPS) is 22.8. The van der Waals surface area contributed by atoms with Gasteiger partial charge in [-0.05, 0) is 42.9 Å². The van der Waals surface area contributed by atoms with Crippen LogP contribution in [0.5, 0.6) is 0 Å². The number of nitrogens with zero attached hydrogens (tertiary/aromatic N) is 1. The van der Waals surface area contributed by atoms with E-state index >= 15 is 0 Å². The van der Waals surface area contributed by atoms with Gasteiger partial charge in [0.1, 0.15) is 6.04 Å². The molecule has 0 spiro atoms. The molecule has 2 atom stereocenters. The van der Waals surface area contributed by atoms with Crippen molar-refractivity contribution in [3.05, 3.63) is 34.9 Å². The van der Waals surface area contributed by atoms with E-state index in [0.29, 0.717) is 18.5 Å². The number of hydrogen-bond donors (Lipinski definition) is 3. The van der Waals surface area contributed by atoms with Gasteiger partial charge in [0.2, 0.25) is 17.7 Å². The van der Waals surface area contributed by atoms with Gasteiger partial charge in [0.25, 0.3) is 5.91 Å². The summed E-state index contributed by atoms with van der Waals surface area (Å²) >= 11 is 0. The summed E-state index contributed by atoms with van der Waals surface area (Å²) in [5.41, 5.74) is 1.96. The highest BCUT2D eigenvalue weighted by Gasteiger charge is 2.43. The second kappa shape index (κ2) is 10.3. The largest absolute Gasteiger partial charge is 0.358 e. The Labute approximate surface area is 201 Å². The highest BCUT2D eigenvalue weighted by atomic mass is 16.2. The molecule has 2 heterocycles. The van der Waals surface area contributed by atoms with E-state index in [2.05, 4.69) is 22.9 Å². The zero-order valence-electron chi connectivity index (χ0n) is 20.2. The fraction of sp³-hybridized carbons (Fsp3) is 0.615. The topological polar surface area (TPSA) is 108 Å². The number of unbranched alkanes of at least 4 members (excludes halogenated alkanes) is 1. The average Bonchev–Trinajstić information content (AvgIpc) is 3.18. The van der Waals surface area contributed by atoms with Crippen molar-refractivity contribution in [3.8, 4) is 0 Å². The molecule has 4 amide bonds. The molecule has 1 saturated heterocycles. The zero-order chi connectivity index (χ0) is 24.3. The number of hydrogen-bond acceptors (Lipinski definition) is 5. The smallest absolute Gasteiger partial charge is 0.255 e. The maximum absolute atomic E-state index is 13.3. The molecule has 0 bridgehead atoms. The fourth-order valence-electron chi connectivity index (χ4n) is 5.81. The minimum atomic E-state index is -0.636. The van der Waals surface area contributed by atoms with Crippen molar-refractivity contribution in [2.45, 2.75) is 95.3 Å². The van der Waals surface area contributed by atoms with Gasteiger partial charge in [0.15, 0.2) is 0 Å². The van der Waals surface area contributed by atoms with Crippen LogP contribution >= 0.6 is 0 Å². The molecular formula is C26H36N4O4. The van der Waals surface area contributed by atoms with E-state index in [-0.39, 0.29) is 30.2 Å². The molecule has 8 nitrogen and oxygen atoms in total. The quantitative estimate of drug-likeness (QED) is 0.509. The van der Waals surface area contributed by atoms with Crippen LogP contribution in [0.25, 0.3) is 0 Å². The molecule has 3 aliphatic rings. The van der Waals surface area contributed by atoms with Crippen LogP contribution < -0.4 is 16.0 Å². The number of likely N-dealkylation sites (N-methyl/N-ethyl adjacent to an activating group) is 1. The van der Waals surface area contributed by atoms with Crippen molar-refractivity contribution in [2.75, 3.05) is 7.05 Å². The van der Waals surface area contributed by atoms with E-state index < -0.39 is 17.5 Å². The minimum absolute atomic E-state index is 0.0301. The van der Waals surface area contributed by atoms with Gasteiger partial charge in [0.05, 0.1) is 5.54 Å². The molecule has 34 heavy (non-hydrogen) atoms. The molecule has 4 rings (SSSR count). The van der Waals surface area contributed by atoms with Gasteiger partial charge < -0.3 is 10.2 Å². The van der Waals surface area contributed by atoms with Crippen molar-refractivity contribution in [3.63, 3.8) is 0 Å². The summed E-state index contributed by atoms with van der Waals surface area (Å²) in [5.74, 6) is -0.830. The average molecular weight is 469 g/mol. The SMILES string of the molecule is CCCC[C@@H](NC1(C(=O)NC)CCCCC1)c1cccc2c1CN([C@@H]1CCC(=O)NC1=O)C2=O. The third-order valence-corrected chi connectivity index (χ3v) is 7.66. The molecule has 1 saturated carbocycles. The van der Waals surface area contributed by atoms with E-state index in [1.54, 1.807) is 11.9 Å². The lowest BCUT2D eigenvalue weighted by Gasteiger charge is -2.40. The van der Waals surface area contributed by atoms with E-state index in [9.17, 15) is 19.2 Å². The number of benzene rings is 1. The summed E-state index contributed by atoms with van der Waals surface area (Å²) in [6.07, 6.45) is 8.21. The van der Waals surface area contributed by atoms with Gasteiger partial charge in [-0.15, -0.1) is 0 Å². The van der Waals surface area contributed by atoms with Crippen molar-refractivity contribution >= 4 is 23.6 Å². The maximum atomic E-state index is 13.3. The first kappa shape index (κ1) is 24.4. The first-order valence-corrected chi connectivity index (χ1v) is 12.7. The number of imide groups is 1. The van der Waals surface area contributed by atoms with Gasteiger partial charge in [-0.1, -0.05) is 51.2 Å². The van der Waals surface area contributed by atoms with Gasteiger partial charge >= 0.3 is 0 Å². The Hall–Kier alpha value is -2.74. The van der Waals surface area contributed by atoms with Crippen LogP contribution in [-0.2, 0) is 20.9 Å². The van der Waals surface area contributed by atoms with Gasteiger partial charge in [-0.3, -0.25) is 29.8 Å². The number of nitrogens with one attached hydrogen (secondary N) is 3. The maximum Gasteiger partial charge on any atom is 0.255 e. The Morgan fingerprint density at radius 3 is 2.65 bits per heavy atom. The third kappa shape index (κ3) is 4.60. The van der Waals surface area contributed by atoms with Crippen LogP contribution in [0.15, 0.2) is 18.2 Å². The summed E-state index contributed by atoms with van der Waals surface area (Å²) < 4.78 is 0. The zero-order valence-corrected chi connectivity index (χ0v) is 20.2. The standard InChI is InChI=1S/C26H36N4O4/c1-3-4-11-20(29-26(25(34)27-2)14-6-5-7-15-26)17-9-8-10-18-19(17)16-30(24(18)33)21-12-13-22(31)28-23(21)32/h8-10,20-21,29H,3-7,11-16H2,1-2H3,(H,27,34)(H,28,31,32)/t20-,21-/m1/s1. The third-order valence-electron chi connectivity index (χ3n) is 7.66. The molecular weight excluding hydrogens is 432 g/mol. The molecule has 184 valence electrons. The second-order valence-corrected chi connectivity index (χ2v) is 9.83. The van der Waals surface area contributed by atoms with Gasteiger partial charge in [-0.2, -0.15) is 0 Å². The lowest BCUT2D eigenvalue weighted by Crippen LogP contribution is -2.58. The molecule has 2 aliphatic heterocycles. The van der Waals surface area contributed by atoms with Crippen molar-refractivity contribution in [1.29, 1.82) is 0 Å². The highest BCUT2D eigenvalue weighted by Crippen LogP contribution is 2.37. The summed E-state index contributed by atoms with van der Waals surface area (Å²) in [7, 11) is 1.69. The van der Waals surface area contributed by atoms with Gasteiger partial charge in [0, 0.05) is 31.6 Å². The molecule has 1 aromatic rings. The first-order chi connectivity index (χ1) is 16.4. The van der Waals surface area contributed by atoms with E-state index in [1.165, 1.54) is 0 Å². The second-order valence-electron chi connectivity index (χ2n) is 9.83. The fourth-order valence-corrected chi connectivity index (χ4v) is 5.81. The number of rotatable bonds is 8. The summed E-state index contributed by atoms with van der Waals surface area (Å²) in [4.78, 5) is 52.0. The summed E-state index contributed by atoms with van der Waals surface area (Å²) in [6.45, 7) is 2.49. The van der Waals surface area contributed by atoms with Crippen LogP contribution in [0.1, 0.15) is 98.7 Å². The Morgan fingerprint density at radius 1 is 1.21 bits per heavy atom. The predicted octanol–water partition coefficient (Wildman–Crippen LogP) is 2.72. The lowest BCUT2D eigenvalue weighted by molar-refractivity contribution is -0.137. The molecule has 0 radical (unpaired) electrons. The lowest BCUT2D eigenvalue weighted by atomic mass is 9.79. The number of carbonyl (C=O) groups excluding carboxylic acids is 4. The van der Waals surface area contributed by atoms with Crippen LogP contribution in [0.4, 0.5) is 0 Å². The van der Waals surface area contributed by atoms with Crippen LogP contribution in [0.2, 0.25) is 0 Å². The Bertz CT molecular complexity index is 970. The Balaban J connectivity index is 1.65. The molecule has 3 N–H and O–H groups in total. The van der Waals surface area contributed by atoms with Crippen LogP contribution in [0.3, 0.4) is 0 Å². The molecule has 2 fully saturated rings.